The molecule has 0 radical (unpaired) electrons. The van der Waals surface area contributed by atoms with Crippen LogP contribution in [0.1, 0.15) is 23.7 Å². The van der Waals surface area contributed by atoms with Gasteiger partial charge < -0.3 is 15.1 Å². The molecule has 0 aliphatic carbocycles. The number of phenols is 1. The number of rotatable bonds is 3. The quantitative estimate of drug-likeness (QED) is 0.639. The van der Waals surface area contributed by atoms with Crippen molar-refractivity contribution in [3.63, 3.8) is 0 Å². The molecule has 1 unspecified atom stereocenters. The highest BCUT2D eigenvalue weighted by molar-refractivity contribution is 5.96. The summed E-state index contributed by atoms with van der Waals surface area (Å²) in [4.78, 5) is 34.8. The fraction of sp³-hybridized carbons (Fsp3) is 0.385. The van der Waals surface area contributed by atoms with Crippen molar-refractivity contribution in [2.45, 2.75) is 13.3 Å². The third-order valence-corrected chi connectivity index (χ3v) is 3.70. The topological polar surface area (TPSA) is 121 Å². The number of nitro benzene ring substituents is 1. The molecule has 8 heteroatoms. The second-order valence-electron chi connectivity index (χ2n) is 5.30. The minimum absolute atomic E-state index is 0.0501. The maximum Gasteiger partial charge on any atom is 0.311 e. The van der Waals surface area contributed by atoms with E-state index in [1.54, 1.807) is 6.92 Å². The Morgan fingerprint density at radius 2 is 2.10 bits per heavy atom. The van der Waals surface area contributed by atoms with Gasteiger partial charge in [-0.3, -0.25) is 19.7 Å². The lowest BCUT2D eigenvalue weighted by atomic mass is 9.90. The van der Waals surface area contributed by atoms with Gasteiger partial charge in [0.05, 0.1) is 10.3 Å². The SMILES string of the molecule is CC1(C(=O)O)CCN(C(=O)c2ccc(O)c([N+](=O)[O-])c2)C1. The number of carboxylic acids is 1. The maximum atomic E-state index is 12.3. The lowest BCUT2D eigenvalue weighted by molar-refractivity contribution is -0.385. The van der Waals surface area contributed by atoms with Crippen LogP contribution in [0.5, 0.6) is 5.75 Å². The van der Waals surface area contributed by atoms with Gasteiger partial charge in [0.25, 0.3) is 5.91 Å². The highest BCUT2D eigenvalue weighted by Gasteiger charge is 2.42. The number of aromatic hydroxyl groups is 1. The summed E-state index contributed by atoms with van der Waals surface area (Å²) in [5, 5.41) is 29.3. The van der Waals surface area contributed by atoms with E-state index < -0.39 is 33.7 Å². The summed E-state index contributed by atoms with van der Waals surface area (Å²) in [5.41, 5.74) is -1.51. The number of likely N-dealkylation sites (tertiary alicyclic amines) is 1. The summed E-state index contributed by atoms with van der Waals surface area (Å²) in [7, 11) is 0. The Morgan fingerprint density at radius 3 is 2.62 bits per heavy atom. The molecule has 1 saturated heterocycles. The Kier molecular flexibility index (Phi) is 3.54. The normalized spacial score (nSPS) is 21.3. The van der Waals surface area contributed by atoms with Gasteiger partial charge in [-0.25, -0.2) is 0 Å². The molecule has 0 spiro atoms. The van der Waals surface area contributed by atoms with Gasteiger partial charge in [-0.2, -0.15) is 0 Å². The molecule has 1 atom stereocenters. The summed E-state index contributed by atoms with van der Waals surface area (Å²) >= 11 is 0. The van der Waals surface area contributed by atoms with Crippen molar-refractivity contribution in [2.24, 2.45) is 5.41 Å². The van der Waals surface area contributed by atoms with Crippen molar-refractivity contribution in [2.75, 3.05) is 13.1 Å². The molecule has 0 saturated carbocycles. The Hall–Kier alpha value is -2.64. The molecule has 0 aromatic heterocycles. The first-order chi connectivity index (χ1) is 9.74. The third kappa shape index (κ3) is 2.64. The van der Waals surface area contributed by atoms with Crippen LogP contribution < -0.4 is 0 Å². The van der Waals surface area contributed by atoms with Crippen LogP contribution in [0.3, 0.4) is 0 Å². The van der Waals surface area contributed by atoms with E-state index in [4.69, 9.17) is 5.11 Å². The van der Waals surface area contributed by atoms with Crippen LogP contribution in [0.4, 0.5) is 5.69 Å². The second-order valence-corrected chi connectivity index (χ2v) is 5.30. The number of phenolic OH excluding ortho intramolecular Hbond substituents is 1. The van der Waals surface area contributed by atoms with Crippen LogP contribution in [0.25, 0.3) is 0 Å². The van der Waals surface area contributed by atoms with Crippen molar-refractivity contribution in [1.29, 1.82) is 0 Å². The van der Waals surface area contributed by atoms with Crippen LogP contribution >= 0.6 is 0 Å². The highest BCUT2D eigenvalue weighted by atomic mass is 16.6. The molecular weight excluding hydrogens is 280 g/mol. The Labute approximate surface area is 119 Å². The first kappa shape index (κ1) is 14.8. The minimum atomic E-state index is -1.00. The van der Waals surface area contributed by atoms with E-state index in [0.717, 1.165) is 12.1 Å². The van der Waals surface area contributed by atoms with E-state index >= 15 is 0 Å². The number of carbonyl (C=O) groups excluding carboxylic acids is 1. The number of hydrogen-bond donors (Lipinski definition) is 2. The fourth-order valence-corrected chi connectivity index (χ4v) is 2.29. The predicted octanol–water partition coefficient (Wildman–Crippen LogP) is 1.24. The first-order valence-corrected chi connectivity index (χ1v) is 6.25. The van der Waals surface area contributed by atoms with Crippen LogP contribution in [-0.4, -0.2) is 45.0 Å². The molecule has 2 rings (SSSR count). The van der Waals surface area contributed by atoms with Gasteiger partial charge in [0, 0.05) is 24.7 Å². The number of nitro groups is 1. The molecule has 1 aromatic rings. The van der Waals surface area contributed by atoms with Crippen LogP contribution in [0.2, 0.25) is 0 Å². The number of hydrogen-bond acceptors (Lipinski definition) is 5. The van der Waals surface area contributed by atoms with Crippen molar-refractivity contribution in [1.82, 2.24) is 4.90 Å². The van der Waals surface area contributed by atoms with Gasteiger partial charge in [-0.1, -0.05) is 0 Å². The number of amides is 1. The average molecular weight is 294 g/mol. The summed E-state index contributed by atoms with van der Waals surface area (Å²) in [6.07, 6.45) is 0.328. The standard InChI is InChI=1S/C13H14N2O6/c1-13(12(18)19)4-5-14(7-13)11(17)8-2-3-10(16)9(6-8)15(20)21/h2-3,6,16H,4-5,7H2,1H3,(H,18,19). The summed E-state index contributed by atoms with van der Waals surface area (Å²) in [5.74, 6) is -1.98. The van der Waals surface area contributed by atoms with Crippen molar-refractivity contribution >= 4 is 17.6 Å². The molecule has 21 heavy (non-hydrogen) atoms. The smallest absolute Gasteiger partial charge is 0.311 e. The third-order valence-electron chi connectivity index (χ3n) is 3.70. The van der Waals surface area contributed by atoms with Crippen molar-refractivity contribution in [3.05, 3.63) is 33.9 Å². The van der Waals surface area contributed by atoms with Gasteiger partial charge in [0.2, 0.25) is 0 Å². The molecule has 1 aliphatic rings. The molecule has 1 aromatic carbocycles. The largest absolute Gasteiger partial charge is 0.502 e. The monoisotopic (exact) mass is 294 g/mol. The van der Waals surface area contributed by atoms with Gasteiger partial charge >= 0.3 is 11.7 Å². The predicted molar refractivity (Wildman–Crippen MR) is 71.0 cm³/mol. The van der Waals surface area contributed by atoms with E-state index in [9.17, 15) is 24.8 Å². The van der Waals surface area contributed by atoms with E-state index in [1.165, 1.54) is 11.0 Å². The Morgan fingerprint density at radius 1 is 1.43 bits per heavy atom. The molecule has 1 fully saturated rings. The van der Waals surface area contributed by atoms with Crippen molar-refractivity contribution < 1.29 is 24.7 Å². The van der Waals surface area contributed by atoms with Crippen LogP contribution in [0.15, 0.2) is 18.2 Å². The van der Waals surface area contributed by atoms with E-state index in [0.29, 0.717) is 6.42 Å². The second kappa shape index (κ2) is 5.04. The first-order valence-electron chi connectivity index (χ1n) is 6.25. The zero-order chi connectivity index (χ0) is 15.8. The molecule has 0 bridgehead atoms. The van der Waals surface area contributed by atoms with Crippen LogP contribution in [0, 0.1) is 15.5 Å². The summed E-state index contributed by atoms with van der Waals surface area (Å²) < 4.78 is 0. The number of carbonyl (C=O) groups is 2. The molecule has 1 aliphatic heterocycles. The zero-order valence-electron chi connectivity index (χ0n) is 11.3. The molecular formula is C13H14N2O6. The van der Waals surface area contributed by atoms with Crippen molar-refractivity contribution in [3.8, 4) is 5.75 Å². The van der Waals surface area contributed by atoms with E-state index in [2.05, 4.69) is 0 Å². The number of carboxylic acid groups (broad SMARTS) is 1. The van der Waals surface area contributed by atoms with Gasteiger partial charge in [-0.15, -0.1) is 0 Å². The summed E-state index contributed by atoms with van der Waals surface area (Å²) in [6, 6.07) is 3.35. The molecule has 1 amide bonds. The number of nitrogens with zero attached hydrogens (tertiary/aromatic N) is 2. The van der Waals surface area contributed by atoms with E-state index in [-0.39, 0.29) is 18.7 Å². The molecule has 1 heterocycles. The van der Waals surface area contributed by atoms with Crippen LogP contribution in [-0.2, 0) is 4.79 Å². The molecule has 2 N–H and O–H groups in total. The lowest BCUT2D eigenvalue weighted by Crippen LogP contribution is -2.34. The van der Waals surface area contributed by atoms with E-state index in [1.807, 2.05) is 0 Å². The lowest BCUT2D eigenvalue weighted by Gasteiger charge is -2.20. The number of aliphatic carboxylic acids is 1. The van der Waals surface area contributed by atoms with Gasteiger partial charge in [0.1, 0.15) is 0 Å². The minimum Gasteiger partial charge on any atom is -0.502 e. The molecule has 112 valence electrons. The zero-order valence-corrected chi connectivity index (χ0v) is 11.3. The Balaban J connectivity index is 2.24. The maximum absolute atomic E-state index is 12.3. The summed E-state index contributed by atoms with van der Waals surface area (Å²) in [6.45, 7) is 1.88. The van der Waals surface area contributed by atoms with Gasteiger partial charge in [0.15, 0.2) is 5.75 Å². The molecule has 8 nitrogen and oxygen atoms in total. The number of benzene rings is 1. The average Bonchev–Trinajstić information content (AvgIpc) is 2.82. The van der Waals surface area contributed by atoms with Gasteiger partial charge in [-0.05, 0) is 25.5 Å². The highest BCUT2D eigenvalue weighted by Crippen LogP contribution is 2.32. The fourth-order valence-electron chi connectivity index (χ4n) is 2.29. The Bertz CT molecular complexity index is 629.